The van der Waals surface area contributed by atoms with Gasteiger partial charge in [0.1, 0.15) is 29.2 Å². The van der Waals surface area contributed by atoms with E-state index in [1.165, 1.54) is 29.1 Å². The number of anilines is 1. The van der Waals surface area contributed by atoms with Crippen LogP contribution in [-0.2, 0) is 11.3 Å². The van der Waals surface area contributed by atoms with Gasteiger partial charge in [0.05, 0.1) is 32.4 Å². The number of carbonyl (C=O) groups is 1. The van der Waals surface area contributed by atoms with E-state index in [1.807, 2.05) is 42.2 Å². The maximum Gasteiger partial charge on any atom is 0.281 e. The number of hydrogen-bond acceptors (Lipinski definition) is 8. The molecule has 226 valence electrons. The summed E-state index contributed by atoms with van der Waals surface area (Å²) in [6, 6.07) is 20.7. The van der Waals surface area contributed by atoms with Gasteiger partial charge in [0, 0.05) is 18.2 Å². The molecule has 0 unspecified atom stereocenters. The first-order valence-electron chi connectivity index (χ1n) is 14.4. The van der Waals surface area contributed by atoms with Crippen molar-refractivity contribution in [3.63, 3.8) is 0 Å². The Kier molecular flexibility index (Phi) is 8.30. The second kappa shape index (κ2) is 12.5. The fourth-order valence-corrected chi connectivity index (χ4v) is 6.58. The molecule has 2 atom stereocenters. The summed E-state index contributed by atoms with van der Waals surface area (Å²) in [6.45, 7) is 2.64. The summed E-state index contributed by atoms with van der Waals surface area (Å²) in [4.78, 5) is 39.3. The largest absolute Gasteiger partial charge is 0.497 e. The molecule has 1 aliphatic heterocycles. The van der Waals surface area contributed by atoms with Gasteiger partial charge in [0.25, 0.3) is 5.56 Å². The van der Waals surface area contributed by atoms with Crippen LogP contribution >= 0.6 is 11.3 Å². The predicted octanol–water partition coefficient (Wildman–Crippen LogP) is 5.57. The molecule has 11 heteroatoms. The second-order valence-corrected chi connectivity index (χ2v) is 11.6. The molecule has 3 heterocycles. The highest BCUT2D eigenvalue weighted by Crippen LogP contribution is 2.34. The average molecular weight is 614 g/mol. The molecule has 0 saturated carbocycles. The van der Waals surface area contributed by atoms with Crippen molar-refractivity contribution >= 4 is 32.7 Å². The van der Waals surface area contributed by atoms with E-state index < -0.39 is 17.4 Å². The highest BCUT2D eigenvalue weighted by atomic mass is 32.1. The number of hydrogen-bond donors (Lipinski definition) is 1. The Morgan fingerprint density at radius 3 is 2.59 bits per heavy atom. The number of amides is 1. The van der Waals surface area contributed by atoms with E-state index in [9.17, 15) is 9.59 Å². The van der Waals surface area contributed by atoms with E-state index in [2.05, 4.69) is 5.32 Å². The number of halogens is 1. The number of nitrogens with one attached hydrogen (secondary N) is 1. The SMILES string of the molecule is COc1ccc(Cn2c(-c3ccccc3F)nc3sc(N4CCC[C@@H]4C(=O)N[C@H](C)c4ccccc4)nc3c2=O)c(OC)c1. The smallest absolute Gasteiger partial charge is 0.281 e. The number of ether oxygens (including phenoxy) is 2. The zero-order valence-electron chi connectivity index (χ0n) is 24.6. The predicted molar refractivity (Wildman–Crippen MR) is 169 cm³/mol. The van der Waals surface area contributed by atoms with E-state index in [-0.39, 0.29) is 35.4 Å². The summed E-state index contributed by atoms with van der Waals surface area (Å²) in [7, 11) is 3.10. The molecule has 0 aliphatic carbocycles. The van der Waals surface area contributed by atoms with E-state index in [1.54, 1.807) is 43.5 Å². The molecular weight excluding hydrogens is 581 g/mol. The molecule has 3 aromatic carbocycles. The summed E-state index contributed by atoms with van der Waals surface area (Å²) in [5, 5.41) is 3.66. The lowest BCUT2D eigenvalue weighted by molar-refractivity contribution is -0.122. The molecule has 1 amide bonds. The van der Waals surface area contributed by atoms with Crippen LogP contribution < -0.4 is 25.2 Å². The molecule has 1 saturated heterocycles. The Bertz CT molecular complexity index is 1880. The van der Waals surface area contributed by atoms with Crippen LogP contribution in [0.3, 0.4) is 0 Å². The van der Waals surface area contributed by atoms with Gasteiger partial charge in [0.2, 0.25) is 5.91 Å². The van der Waals surface area contributed by atoms with E-state index in [0.29, 0.717) is 40.0 Å². The van der Waals surface area contributed by atoms with E-state index in [4.69, 9.17) is 19.4 Å². The van der Waals surface area contributed by atoms with Crippen molar-refractivity contribution in [3.05, 3.63) is 100 Å². The van der Waals surface area contributed by atoms with Crippen LogP contribution in [0.2, 0.25) is 0 Å². The van der Waals surface area contributed by atoms with Crippen LogP contribution in [0.5, 0.6) is 11.5 Å². The van der Waals surface area contributed by atoms with Crippen LogP contribution in [0.25, 0.3) is 21.7 Å². The maximum atomic E-state index is 15.1. The zero-order valence-corrected chi connectivity index (χ0v) is 25.4. The number of aromatic nitrogens is 3. The first kappa shape index (κ1) is 29.3. The monoisotopic (exact) mass is 613 g/mol. The van der Waals surface area contributed by atoms with Crippen LogP contribution in [-0.4, -0.2) is 47.2 Å². The van der Waals surface area contributed by atoms with Crippen molar-refractivity contribution in [2.45, 2.75) is 38.4 Å². The second-order valence-electron chi connectivity index (χ2n) is 10.6. The first-order chi connectivity index (χ1) is 21.4. The van der Waals surface area contributed by atoms with Crippen molar-refractivity contribution in [2.24, 2.45) is 0 Å². The van der Waals surface area contributed by atoms with Crippen LogP contribution in [0, 0.1) is 5.82 Å². The molecule has 44 heavy (non-hydrogen) atoms. The fourth-order valence-electron chi connectivity index (χ4n) is 5.57. The van der Waals surface area contributed by atoms with Gasteiger partial charge in [-0.1, -0.05) is 53.8 Å². The van der Waals surface area contributed by atoms with Gasteiger partial charge in [-0.2, -0.15) is 0 Å². The van der Waals surface area contributed by atoms with Crippen molar-refractivity contribution in [1.29, 1.82) is 0 Å². The molecule has 5 aromatic rings. The molecule has 0 radical (unpaired) electrons. The lowest BCUT2D eigenvalue weighted by atomic mass is 10.1. The topological polar surface area (TPSA) is 98.6 Å². The van der Waals surface area contributed by atoms with Crippen LogP contribution in [0.4, 0.5) is 9.52 Å². The molecule has 6 rings (SSSR count). The van der Waals surface area contributed by atoms with E-state index >= 15 is 4.39 Å². The lowest BCUT2D eigenvalue weighted by Gasteiger charge is -2.25. The Morgan fingerprint density at radius 1 is 1.07 bits per heavy atom. The number of carbonyl (C=O) groups excluding carboxylic acids is 1. The van der Waals surface area contributed by atoms with Crippen LogP contribution in [0.15, 0.2) is 77.6 Å². The van der Waals surface area contributed by atoms with Crippen LogP contribution in [0.1, 0.15) is 36.9 Å². The minimum Gasteiger partial charge on any atom is -0.497 e. The van der Waals surface area contributed by atoms with Crippen molar-refractivity contribution in [2.75, 3.05) is 25.7 Å². The van der Waals surface area contributed by atoms with Gasteiger partial charge < -0.3 is 19.7 Å². The number of nitrogens with zero attached hydrogens (tertiary/aromatic N) is 4. The molecule has 9 nitrogen and oxygen atoms in total. The van der Waals surface area contributed by atoms with Gasteiger partial charge in [-0.25, -0.2) is 14.4 Å². The molecule has 0 bridgehead atoms. The normalized spacial score (nSPS) is 15.4. The minimum atomic E-state index is -0.497. The van der Waals surface area contributed by atoms with Gasteiger partial charge in [-0.15, -0.1) is 0 Å². The minimum absolute atomic E-state index is 0.0671. The lowest BCUT2D eigenvalue weighted by Crippen LogP contribution is -2.44. The Hall–Kier alpha value is -4.77. The summed E-state index contributed by atoms with van der Waals surface area (Å²) >= 11 is 1.23. The highest BCUT2D eigenvalue weighted by molar-refractivity contribution is 7.21. The van der Waals surface area contributed by atoms with Gasteiger partial charge in [0.15, 0.2) is 15.5 Å². The van der Waals surface area contributed by atoms with Crippen molar-refractivity contribution in [1.82, 2.24) is 19.9 Å². The number of fused-ring (bicyclic) bond motifs is 1. The summed E-state index contributed by atoms with van der Waals surface area (Å²) in [5.41, 5.74) is 1.66. The van der Waals surface area contributed by atoms with Gasteiger partial charge in [-0.05, 0) is 49.6 Å². The molecule has 1 N–H and O–H groups in total. The number of rotatable bonds is 9. The van der Waals surface area contributed by atoms with Crippen molar-refractivity contribution < 1.29 is 18.7 Å². The number of methoxy groups -OCH3 is 2. The summed E-state index contributed by atoms with van der Waals surface area (Å²) < 4.78 is 27.4. The summed E-state index contributed by atoms with van der Waals surface area (Å²) in [5.74, 6) is 0.712. The maximum absolute atomic E-state index is 15.1. The Labute approximate surface area is 257 Å². The molecule has 2 aromatic heterocycles. The number of benzene rings is 3. The van der Waals surface area contributed by atoms with Crippen molar-refractivity contribution in [3.8, 4) is 22.9 Å². The van der Waals surface area contributed by atoms with Gasteiger partial charge in [-0.3, -0.25) is 14.2 Å². The third-order valence-corrected chi connectivity index (χ3v) is 8.89. The standard InChI is InChI=1S/C33H32FN5O4S/c1-20(21-10-5-4-6-11-21)35-30(40)26-14-9-17-38(26)33-36-28-31(44-33)37-29(24-12-7-8-13-25(24)34)39(32(28)41)19-22-15-16-23(42-2)18-27(22)43-3/h4-8,10-13,15-16,18,20,26H,9,14,17,19H2,1-3H3,(H,35,40)/t20-,26-/m1/s1. The molecule has 1 aliphatic rings. The fraction of sp³-hybridized carbons (Fsp3) is 0.273. The summed E-state index contributed by atoms with van der Waals surface area (Å²) in [6.07, 6.45) is 1.47. The molecular formula is C33H32FN5O4S. The zero-order chi connectivity index (χ0) is 30.8. The highest BCUT2D eigenvalue weighted by Gasteiger charge is 2.34. The Balaban J connectivity index is 1.39. The Morgan fingerprint density at radius 2 is 1.84 bits per heavy atom. The third-order valence-electron chi connectivity index (χ3n) is 7.91. The van der Waals surface area contributed by atoms with Gasteiger partial charge >= 0.3 is 0 Å². The quantitative estimate of drug-likeness (QED) is 0.232. The number of thiazole rings is 1. The molecule has 1 fully saturated rings. The molecule has 0 spiro atoms. The first-order valence-corrected chi connectivity index (χ1v) is 15.2. The third kappa shape index (κ3) is 5.62. The average Bonchev–Trinajstić information content (AvgIpc) is 3.71. The van der Waals surface area contributed by atoms with E-state index in [0.717, 1.165) is 12.0 Å².